The van der Waals surface area contributed by atoms with Crippen molar-refractivity contribution < 1.29 is 4.57 Å². The van der Waals surface area contributed by atoms with E-state index < -0.39 is 0 Å². The van der Waals surface area contributed by atoms with E-state index in [0.29, 0.717) is 0 Å². The minimum absolute atomic E-state index is 0.0183. The molecule has 0 atom stereocenters. The molecule has 4 aromatic rings. The van der Waals surface area contributed by atoms with Crippen LogP contribution in [0, 0.1) is 13.8 Å². The summed E-state index contributed by atoms with van der Waals surface area (Å²) in [6.07, 6.45) is 0. The fraction of sp³-hybridized carbons (Fsp3) is 0.333. The molecule has 0 amide bonds. The summed E-state index contributed by atoms with van der Waals surface area (Å²) in [5.74, 6) is 1.23. The molecule has 25 heavy (non-hydrogen) atoms. The highest BCUT2D eigenvalue weighted by Gasteiger charge is 2.32. The van der Waals surface area contributed by atoms with Gasteiger partial charge in [-0.15, -0.1) is 11.3 Å². The average molecular weight is 351 g/mol. The number of hydrogen-bond donors (Lipinski definition) is 0. The molecule has 128 valence electrons. The third-order valence-corrected chi connectivity index (χ3v) is 5.70. The van der Waals surface area contributed by atoms with Gasteiger partial charge in [-0.05, 0) is 64.4 Å². The van der Waals surface area contributed by atoms with Crippen molar-refractivity contribution in [3.8, 4) is 11.4 Å². The number of rotatable bonds is 1. The predicted molar refractivity (Wildman–Crippen MR) is 106 cm³/mol. The number of thiazole rings is 1. The average Bonchev–Trinajstić information content (AvgIpc) is 3.03. The zero-order valence-corrected chi connectivity index (χ0v) is 16.5. The van der Waals surface area contributed by atoms with Crippen LogP contribution < -0.4 is 4.57 Å². The van der Waals surface area contributed by atoms with E-state index in [2.05, 4.69) is 87.2 Å². The van der Waals surface area contributed by atoms with Crippen LogP contribution in [0.2, 0.25) is 0 Å². The molecule has 0 aliphatic carbocycles. The van der Waals surface area contributed by atoms with Crippen LogP contribution in [0.1, 0.15) is 31.3 Å². The number of imidazole rings is 1. The van der Waals surface area contributed by atoms with E-state index in [0.717, 1.165) is 10.5 Å². The smallest absolute Gasteiger partial charge is 0.241 e. The number of hydrogen-bond acceptors (Lipinski definition) is 2. The second-order valence-corrected chi connectivity index (χ2v) is 8.98. The molecule has 4 rings (SSSR count). The SMILES string of the molecule is Cc1nc2cc(-c3n(C(C)(C)C)c4ccccc4[n+]3C)c(C)cc2s1. The standard InChI is InChI=1S/C21H24N3S/c1-13-11-19-16(22-14(2)25-19)12-15(13)20-23(6)17-9-7-8-10-18(17)24(20)21(3,4)5/h7-12H,1-6H3/q+1. The summed E-state index contributed by atoms with van der Waals surface area (Å²) in [6, 6.07) is 13.2. The quantitative estimate of drug-likeness (QED) is 0.437. The highest BCUT2D eigenvalue weighted by molar-refractivity contribution is 7.18. The van der Waals surface area contributed by atoms with E-state index in [1.54, 1.807) is 11.3 Å². The molecule has 4 heteroatoms. The lowest BCUT2D eigenvalue weighted by molar-refractivity contribution is -0.634. The lowest BCUT2D eigenvalue weighted by atomic mass is 10.0. The molecule has 2 heterocycles. The summed E-state index contributed by atoms with van der Waals surface area (Å²) in [5.41, 5.74) is 6.14. The molecule has 0 saturated carbocycles. The summed E-state index contributed by atoms with van der Waals surface area (Å²) in [7, 11) is 2.16. The van der Waals surface area contributed by atoms with E-state index in [-0.39, 0.29) is 5.54 Å². The van der Waals surface area contributed by atoms with Gasteiger partial charge >= 0.3 is 0 Å². The lowest BCUT2D eigenvalue weighted by Gasteiger charge is -2.19. The fourth-order valence-electron chi connectivity index (χ4n) is 3.73. The van der Waals surface area contributed by atoms with Crippen LogP contribution >= 0.6 is 11.3 Å². The van der Waals surface area contributed by atoms with Crippen molar-refractivity contribution in [2.45, 2.75) is 40.2 Å². The predicted octanol–water partition coefficient (Wildman–Crippen LogP) is 5.11. The Kier molecular flexibility index (Phi) is 3.51. The van der Waals surface area contributed by atoms with E-state index in [4.69, 9.17) is 4.98 Å². The molecule has 0 fully saturated rings. The van der Waals surface area contributed by atoms with Crippen molar-refractivity contribution >= 4 is 32.6 Å². The Hall–Kier alpha value is -2.20. The second-order valence-electron chi connectivity index (χ2n) is 7.75. The minimum Gasteiger partial charge on any atom is -0.241 e. The Bertz CT molecular complexity index is 1110. The fourth-order valence-corrected chi connectivity index (χ4v) is 4.63. The molecule has 2 aromatic carbocycles. The highest BCUT2D eigenvalue weighted by Crippen LogP contribution is 2.34. The van der Waals surface area contributed by atoms with Gasteiger partial charge in [0.25, 0.3) is 5.82 Å². The van der Waals surface area contributed by atoms with Crippen molar-refractivity contribution in [3.05, 3.63) is 47.0 Å². The first-order valence-electron chi connectivity index (χ1n) is 8.65. The van der Waals surface area contributed by atoms with Gasteiger partial charge in [0.2, 0.25) is 0 Å². The first-order valence-corrected chi connectivity index (χ1v) is 9.47. The van der Waals surface area contributed by atoms with Gasteiger partial charge in [-0.1, -0.05) is 12.1 Å². The van der Waals surface area contributed by atoms with Crippen molar-refractivity contribution in [2.24, 2.45) is 7.05 Å². The Morgan fingerprint density at radius 1 is 1.08 bits per heavy atom. The Morgan fingerprint density at radius 3 is 2.52 bits per heavy atom. The summed E-state index contributed by atoms with van der Waals surface area (Å²) in [5, 5.41) is 1.12. The van der Waals surface area contributed by atoms with Crippen LogP contribution in [0.5, 0.6) is 0 Å². The Morgan fingerprint density at radius 2 is 1.80 bits per heavy atom. The minimum atomic E-state index is -0.0183. The van der Waals surface area contributed by atoms with E-state index in [9.17, 15) is 0 Å². The van der Waals surface area contributed by atoms with Gasteiger partial charge in [-0.3, -0.25) is 0 Å². The van der Waals surface area contributed by atoms with Gasteiger partial charge < -0.3 is 0 Å². The molecule has 0 aliphatic heterocycles. The largest absolute Gasteiger partial charge is 0.290 e. The van der Waals surface area contributed by atoms with Gasteiger partial charge in [-0.25, -0.2) is 14.1 Å². The summed E-state index contributed by atoms with van der Waals surface area (Å²) in [6.45, 7) is 11.1. The van der Waals surface area contributed by atoms with Crippen LogP contribution in [0.3, 0.4) is 0 Å². The monoisotopic (exact) mass is 350 g/mol. The molecule has 0 saturated heterocycles. The van der Waals surface area contributed by atoms with E-state index in [1.807, 2.05) is 0 Å². The molecular weight excluding hydrogens is 326 g/mol. The van der Waals surface area contributed by atoms with Crippen molar-refractivity contribution in [1.29, 1.82) is 0 Å². The molecule has 0 radical (unpaired) electrons. The lowest BCUT2D eigenvalue weighted by Crippen LogP contribution is -2.33. The molecule has 0 N–H and O–H groups in total. The number of aryl methyl sites for hydroxylation is 3. The molecule has 3 nitrogen and oxygen atoms in total. The first kappa shape index (κ1) is 16.3. The van der Waals surface area contributed by atoms with Gasteiger partial charge in [0.15, 0.2) is 11.0 Å². The van der Waals surface area contributed by atoms with Gasteiger partial charge in [0.1, 0.15) is 5.54 Å². The molecule has 2 aromatic heterocycles. The van der Waals surface area contributed by atoms with Crippen LogP contribution in [0.15, 0.2) is 36.4 Å². The van der Waals surface area contributed by atoms with Crippen LogP contribution in [-0.4, -0.2) is 9.55 Å². The summed E-state index contributed by atoms with van der Waals surface area (Å²) >= 11 is 1.76. The highest BCUT2D eigenvalue weighted by atomic mass is 32.1. The molecule has 0 unspecified atom stereocenters. The van der Waals surface area contributed by atoms with Gasteiger partial charge in [-0.2, -0.15) is 0 Å². The third-order valence-electron chi connectivity index (χ3n) is 4.77. The van der Waals surface area contributed by atoms with Crippen molar-refractivity contribution in [2.75, 3.05) is 0 Å². The normalized spacial score (nSPS) is 12.4. The second kappa shape index (κ2) is 5.40. The van der Waals surface area contributed by atoms with Crippen LogP contribution in [0.4, 0.5) is 0 Å². The van der Waals surface area contributed by atoms with E-state index >= 15 is 0 Å². The number of benzene rings is 2. The maximum atomic E-state index is 4.72. The summed E-state index contributed by atoms with van der Waals surface area (Å²) in [4.78, 5) is 4.72. The zero-order chi connectivity index (χ0) is 17.9. The van der Waals surface area contributed by atoms with Gasteiger partial charge in [0, 0.05) is 0 Å². The number of aromatic nitrogens is 3. The van der Waals surface area contributed by atoms with E-state index in [1.165, 1.54) is 32.7 Å². The topological polar surface area (TPSA) is 21.7 Å². The van der Waals surface area contributed by atoms with Crippen LogP contribution in [0.25, 0.3) is 32.6 Å². The van der Waals surface area contributed by atoms with Gasteiger partial charge in [0.05, 0.1) is 27.8 Å². The molecule has 0 aliphatic rings. The Balaban J connectivity index is 2.14. The Labute approximate surface area is 152 Å². The number of fused-ring (bicyclic) bond motifs is 2. The maximum Gasteiger partial charge on any atom is 0.290 e. The molecule has 0 bridgehead atoms. The first-order chi connectivity index (χ1) is 11.8. The third kappa shape index (κ3) is 2.47. The summed E-state index contributed by atoms with van der Waals surface area (Å²) < 4.78 is 6.03. The molecular formula is C21H24N3S+. The number of nitrogens with zero attached hydrogens (tertiary/aromatic N) is 3. The number of para-hydroxylation sites is 2. The molecule has 0 spiro atoms. The van der Waals surface area contributed by atoms with Crippen molar-refractivity contribution in [3.63, 3.8) is 0 Å². The van der Waals surface area contributed by atoms with Crippen LogP contribution in [-0.2, 0) is 12.6 Å². The van der Waals surface area contributed by atoms with Crippen molar-refractivity contribution in [1.82, 2.24) is 9.55 Å². The maximum absolute atomic E-state index is 4.72. The zero-order valence-electron chi connectivity index (χ0n) is 15.7.